The Kier molecular flexibility index (Phi) is 5.70. The summed E-state index contributed by atoms with van der Waals surface area (Å²) in [5, 5.41) is 0. The Balaban J connectivity index is 2.04. The molecular weight excluding hydrogens is 320 g/mol. The third-order valence-corrected chi connectivity index (χ3v) is 3.76. The van der Waals surface area contributed by atoms with Crippen LogP contribution in [0.15, 0.2) is 41.0 Å². The molecule has 0 saturated heterocycles. The molecule has 0 N–H and O–H groups in total. The first-order valence-corrected chi connectivity index (χ1v) is 8.44. The molecule has 1 unspecified atom stereocenters. The number of benzene rings is 1. The Morgan fingerprint density at radius 3 is 2.70 bits per heavy atom. The maximum atomic E-state index is 12.1. The van der Waals surface area contributed by atoms with Crippen LogP contribution < -0.4 is 0 Å². The average molecular weight is 336 g/mol. The predicted octanol–water partition coefficient (Wildman–Crippen LogP) is 2.30. The van der Waals surface area contributed by atoms with Crippen LogP contribution in [-0.2, 0) is 32.6 Å². The lowest BCUT2D eigenvalue weighted by atomic mass is 10.1. The third kappa shape index (κ3) is 4.53. The molecule has 0 amide bonds. The van der Waals surface area contributed by atoms with Crippen molar-refractivity contribution in [3.8, 4) is 0 Å². The van der Waals surface area contributed by atoms with Crippen molar-refractivity contribution in [1.82, 2.24) is 0 Å². The van der Waals surface area contributed by atoms with E-state index >= 15 is 0 Å². The quantitative estimate of drug-likeness (QED) is 0.753. The lowest BCUT2D eigenvalue weighted by Gasteiger charge is -2.06. The van der Waals surface area contributed by atoms with E-state index in [1.807, 2.05) is 0 Å². The van der Waals surface area contributed by atoms with Gasteiger partial charge in [0.2, 0.25) is 0 Å². The van der Waals surface area contributed by atoms with Gasteiger partial charge in [-0.15, -0.1) is 0 Å². The van der Waals surface area contributed by atoms with Crippen LogP contribution in [-0.4, -0.2) is 29.5 Å². The molecule has 0 bridgehead atoms. The summed E-state index contributed by atoms with van der Waals surface area (Å²) >= 11 is 0. The second kappa shape index (κ2) is 7.73. The molecule has 0 radical (unpaired) electrons. The van der Waals surface area contributed by atoms with Gasteiger partial charge in [-0.3, -0.25) is 4.21 Å². The molecule has 6 nitrogen and oxygen atoms in total. The maximum Gasteiger partial charge on any atom is 0.341 e. The van der Waals surface area contributed by atoms with Gasteiger partial charge >= 0.3 is 11.9 Å². The van der Waals surface area contributed by atoms with E-state index in [1.165, 1.54) is 19.4 Å². The molecule has 1 aromatic carbocycles. The van der Waals surface area contributed by atoms with Crippen LogP contribution in [0, 0.1) is 0 Å². The lowest BCUT2D eigenvalue weighted by Crippen LogP contribution is -2.09. The normalized spacial score (nSPS) is 11.7. The second-order valence-electron chi connectivity index (χ2n) is 4.74. The molecular formula is C16H16O6S. The largest absolute Gasteiger partial charge is 0.465 e. The van der Waals surface area contributed by atoms with Gasteiger partial charge in [-0.1, -0.05) is 12.1 Å². The minimum absolute atomic E-state index is 0.180. The number of carbonyl (C=O) groups is 2. The third-order valence-electron chi connectivity index (χ3n) is 3.02. The molecule has 1 heterocycles. The summed E-state index contributed by atoms with van der Waals surface area (Å²) in [5.74, 6) is -0.527. The van der Waals surface area contributed by atoms with E-state index in [1.54, 1.807) is 30.5 Å². The van der Waals surface area contributed by atoms with Gasteiger partial charge in [0, 0.05) is 22.8 Å². The number of hydrogen-bond donors (Lipinski definition) is 0. The Bertz CT molecular complexity index is 734. The van der Waals surface area contributed by atoms with Gasteiger partial charge in [0.25, 0.3) is 0 Å². The Morgan fingerprint density at radius 1 is 1.22 bits per heavy atom. The van der Waals surface area contributed by atoms with E-state index in [-0.39, 0.29) is 17.9 Å². The Hall–Kier alpha value is -2.41. The summed E-state index contributed by atoms with van der Waals surface area (Å²) in [5.41, 5.74) is 1.35. The summed E-state index contributed by atoms with van der Waals surface area (Å²) in [4.78, 5) is 23.6. The van der Waals surface area contributed by atoms with E-state index in [0.717, 1.165) is 5.56 Å². The summed E-state index contributed by atoms with van der Waals surface area (Å²) in [6.07, 6.45) is 2.92. The highest BCUT2D eigenvalue weighted by molar-refractivity contribution is 7.83. The fourth-order valence-electron chi connectivity index (χ4n) is 1.98. The van der Waals surface area contributed by atoms with Gasteiger partial charge in [-0.2, -0.15) is 0 Å². The topological polar surface area (TPSA) is 82.8 Å². The number of esters is 2. The number of hydrogen-bond acceptors (Lipinski definition) is 6. The van der Waals surface area contributed by atoms with Crippen LogP contribution in [0.3, 0.4) is 0 Å². The molecule has 0 spiro atoms. The minimum Gasteiger partial charge on any atom is -0.465 e. The fourth-order valence-corrected chi connectivity index (χ4v) is 2.63. The maximum absolute atomic E-state index is 12.1. The molecule has 1 aromatic heterocycles. The van der Waals surface area contributed by atoms with Crippen LogP contribution in [0.1, 0.15) is 32.0 Å². The fraction of sp³-hybridized carbons (Fsp3) is 0.250. The van der Waals surface area contributed by atoms with Gasteiger partial charge in [0.15, 0.2) is 12.4 Å². The summed E-state index contributed by atoms with van der Waals surface area (Å²) in [6, 6.07) is 8.18. The average Bonchev–Trinajstić information content (AvgIpc) is 3.00. The van der Waals surface area contributed by atoms with E-state index in [9.17, 15) is 13.8 Å². The SMILES string of the molecule is COC(=O)c1ccoc1COC(=O)c1cccc(CS(C)=O)c1. The van der Waals surface area contributed by atoms with E-state index in [4.69, 9.17) is 9.15 Å². The zero-order valence-electron chi connectivity index (χ0n) is 12.7. The first-order chi connectivity index (χ1) is 11.0. The summed E-state index contributed by atoms with van der Waals surface area (Å²) in [7, 11) is 0.264. The van der Waals surface area contributed by atoms with Crippen molar-refractivity contribution in [2.45, 2.75) is 12.4 Å². The van der Waals surface area contributed by atoms with Gasteiger partial charge in [-0.05, 0) is 23.8 Å². The molecule has 0 aliphatic heterocycles. The monoisotopic (exact) mass is 336 g/mol. The van der Waals surface area contributed by atoms with Gasteiger partial charge < -0.3 is 13.9 Å². The summed E-state index contributed by atoms with van der Waals surface area (Å²) < 4.78 is 26.1. The van der Waals surface area contributed by atoms with Crippen LogP contribution in [0.2, 0.25) is 0 Å². The molecule has 2 aromatic rings. The van der Waals surface area contributed by atoms with Crippen molar-refractivity contribution in [2.75, 3.05) is 13.4 Å². The van der Waals surface area contributed by atoms with Gasteiger partial charge in [0.1, 0.15) is 5.56 Å². The smallest absolute Gasteiger partial charge is 0.341 e. The van der Waals surface area contributed by atoms with Crippen molar-refractivity contribution >= 4 is 22.7 Å². The van der Waals surface area contributed by atoms with Crippen molar-refractivity contribution in [3.63, 3.8) is 0 Å². The molecule has 7 heteroatoms. The highest BCUT2D eigenvalue weighted by Crippen LogP contribution is 2.15. The molecule has 0 saturated carbocycles. The Morgan fingerprint density at radius 2 is 2.00 bits per heavy atom. The van der Waals surface area contributed by atoms with Gasteiger partial charge in [-0.25, -0.2) is 9.59 Å². The van der Waals surface area contributed by atoms with Crippen molar-refractivity contribution in [3.05, 3.63) is 59.0 Å². The Labute approximate surface area is 135 Å². The molecule has 0 fully saturated rings. The number of ether oxygens (including phenoxy) is 2. The van der Waals surface area contributed by atoms with Gasteiger partial charge in [0.05, 0.1) is 18.9 Å². The molecule has 2 rings (SSSR count). The van der Waals surface area contributed by atoms with Crippen molar-refractivity contribution < 1.29 is 27.7 Å². The number of carbonyl (C=O) groups excluding carboxylic acids is 2. The highest BCUT2D eigenvalue weighted by Gasteiger charge is 2.17. The first kappa shape index (κ1) is 17.0. The molecule has 1 atom stereocenters. The lowest BCUT2D eigenvalue weighted by molar-refractivity contribution is 0.0432. The van der Waals surface area contributed by atoms with E-state index < -0.39 is 22.7 Å². The van der Waals surface area contributed by atoms with Crippen LogP contribution in [0.25, 0.3) is 0 Å². The van der Waals surface area contributed by atoms with E-state index in [0.29, 0.717) is 11.3 Å². The number of furan rings is 1. The van der Waals surface area contributed by atoms with Crippen molar-refractivity contribution in [1.29, 1.82) is 0 Å². The molecule has 0 aliphatic carbocycles. The number of rotatable bonds is 6. The van der Waals surface area contributed by atoms with Crippen molar-refractivity contribution in [2.24, 2.45) is 0 Å². The molecule has 0 aliphatic rings. The number of methoxy groups -OCH3 is 1. The zero-order valence-corrected chi connectivity index (χ0v) is 13.6. The van der Waals surface area contributed by atoms with Crippen LogP contribution >= 0.6 is 0 Å². The minimum atomic E-state index is -0.994. The highest BCUT2D eigenvalue weighted by atomic mass is 32.2. The predicted molar refractivity (Wildman–Crippen MR) is 83.4 cm³/mol. The molecule has 122 valence electrons. The molecule has 23 heavy (non-hydrogen) atoms. The van der Waals surface area contributed by atoms with Crippen LogP contribution in [0.4, 0.5) is 0 Å². The summed E-state index contributed by atoms with van der Waals surface area (Å²) in [6.45, 7) is -0.180. The van der Waals surface area contributed by atoms with Crippen LogP contribution in [0.5, 0.6) is 0 Å². The standard InChI is InChI=1S/C16H16O6S/c1-20-16(18)13-6-7-21-14(13)9-22-15(17)12-5-3-4-11(8-12)10-23(2)19/h3-8H,9-10H2,1-2H3. The first-order valence-electron chi connectivity index (χ1n) is 6.72. The van der Waals surface area contributed by atoms with E-state index in [2.05, 4.69) is 4.74 Å². The second-order valence-corrected chi connectivity index (χ2v) is 6.18. The zero-order chi connectivity index (χ0) is 16.8.